The van der Waals surface area contributed by atoms with Gasteiger partial charge in [0.05, 0.1) is 18.0 Å². The smallest absolute Gasteiger partial charge is 0.240 e. The van der Waals surface area contributed by atoms with E-state index >= 15 is 0 Å². The first-order valence-electron chi connectivity index (χ1n) is 10.3. The minimum absolute atomic E-state index is 0.0799. The number of rotatable bonds is 9. The van der Waals surface area contributed by atoms with Crippen LogP contribution < -0.4 is 23.8 Å². The van der Waals surface area contributed by atoms with E-state index in [9.17, 15) is 13.2 Å². The van der Waals surface area contributed by atoms with Crippen LogP contribution in [0.1, 0.15) is 6.92 Å². The standard InChI is InChI=1S/C23H24N2O6S/c1-2-32(27,28)25(18-10-11-21-22(14-18)31-16-30-21)15-23(26)24-12-13-29-20-9-5-7-17-6-3-4-8-19(17)20/h3-11,14H,2,12-13,15-16H2,1H3,(H,24,26). The Bertz CT molecular complexity index is 1220. The summed E-state index contributed by atoms with van der Waals surface area (Å²) in [6.07, 6.45) is 0. The summed E-state index contributed by atoms with van der Waals surface area (Å²) in [5.74, 6) is 1.15. The predicted molar refractivity (Wildman–Crippen MR) is 122 cm³/mol. The van der Waals surface area contributed by atoms with Gasteiger partial charge in [-0.25, -0.2) is 8.42 Å². The van der Waals surface area contributed by atoms with Crippen LogP contribution in [0.4, 0.5) is 5.69 Å². The van der Waals surface area contributed by atoms with Crippen LogP contribution in [0.25, 0.3) is 10.8 Å². The summed E-state index contributed by atoms with van der Waals surface area (Å²) in [4.78, 5) is 12.5. The molecule has 1 aliphatic rings. The third-order valence-corrected chi connectivity index (χ3v) is 6.80. The van der Waals surface area contributed by atoms with Crippen molar-refractivity contribution >= 4 is 32.4 Å². The van der Waals surface area contributed by atoms with Crippen molar-refractivity contribution in [2.45, 2.75) is 6.92 Å². The van der Waals surface area contributed by atoms with Crippen molar-refractivity contribution in [3.8, 4) is 17.2 Å². The molecule has 32 heavy (non-hydrogen) atoms. The van der Waals surface area contributed by atoms with Crippen molar-refractivity contribution in [2.75, 3.05) is 36.5 Å². The van der Waals surface area contributed by atoms with Crippen LogP contribution in [0.15, 0.2) is 60.7 Å². The monoisotopic (exact) mass is 456 g/mol. The van der Waals surface area contributed by atoms with E-state index in [1.807, 2.05) is 42.5 Å². The zero-order chi connectivity index (χ0) is 22.6. The van der Waals surface area contributed by atoms with Crippen LogP contribution in [0.5, 0.6) is 17.2 Å². The summed E-state index contributed by atoms with van der Waals surface area (Å²) >= 11 is 0. The maximum absolute atomic E-state index is 12.6. The Labute approximate surface area is 186 Å². The Balaban J connectivity index is 1.37. The van der Waals surface area contributed by atoms with Crippen molar-refractivity contribution in [3.63, 3.8) is 0 Å². The number of sulfonamides is 1. The van der Waals surface area contributed by atoms with E-state index < -0.39 is 15.9 Å². The normalized spacial score (nSPS) is 12.5. The number of carbonyl (C=O) groups excluding carboxylic acids is 1. The van der Waals surface area contributed by atoms with Gasteiger partial charge < -0.3 is 19.5 Å². The Hall–Kier alpha value is -3.46. The number of anilines is 1. The van der Waals surface area contributed by atoms with Crippen LogP contribution in [-0.4, -0.2) is 46.6 Å². The van der Waals surface area contributed by atoms with Gasteiger partial charge in [-0.2, -0.15) is 0 Å². The molecule has 0 radical (unpaired) electrons. The Morgan fingerprint density at radius 2 is 1.84 bits per heavy atom. The minimum atomic E-state index is -3.68. The van der Waals surface area contributed by atoms with E-state index in [4.69, 9.17) is 14.2 Å². The van der Waals surface area contributed by atoms with Gasteiger partial charge in [-0.05, 0) is 30.5 Å². The lowest BCUT2D eigenvalue weighted by atomic mass is 10.1. The molecule has 3 aromatic rings. The van der Waals surface area contributed by atoms with Crippen molar-refractivity contribution in [3.05, 3.63) is 60.7 Å². The fourth-order valence-corrected chi connectivity index (χ4v) is 4.47. The molecule has 0 aliphatic carbocycles. The van der Waals surface area contributed by atoms with Crippen molar-refractivity contribution in [1.29, 1.82) is 0 Å². The lowest BCUT2D eigenvalue weighted by molar-refractivity contribution is -0.119. The number of hydrogen-bond donors (Lipinski definition) is 1. The second-order valence-electron chi connectivity index (χ2n) is 7.12. The molecule has 1 N–H and O–H groups in total. The lowest BCUT2D eigenvalue weighted by Gasteiger charge is -2.23. The summed E-state index contributed by atoms with van der Waals surface area (Å²) in [6, 6.07) is 18.5. The van der Waals surface area contributed by atoms with Gasteiger partial charge in [0.2, 0.25) is 22.7 Å². The zero-order valence-corrected chi connectivity index (χ0v) is 18.4. The van der Waals surface area contributed by atoms with Crippen LogP contribution in [0.2, 0.25) is 0 Å². The van der Waals surface area contributed by atoms with Gasteiger partial charge in [-0.1, -0.05) is 36.4 Å². The molecule has 9 heteroatoms. The molecule has 0 aromatic heterocycles. The van der Waals surface area contributed by atoms with E-state index in [1.54, 1.807) is 18.2 Å². The van der Waals surface area contributed by atoms with Crippen LogP contribution in [0, 0.1) is 0 Å². The molecular weight excluding hydrogens is 432 g/mol. The van der Waals surface area contributed by atoms with Crippen molar-refractivity contribution in [1.82, 2.24) is 5.32 Å². The SMILES string of the molecule is CCS(=O)(=O)N(CC(=O)NCCOc1cccc2ccccc12)c1ccc2c(c1)OCO2. The van der Waals surface area contributed by atoms with Crippen LogP contribution >= 0.6 is 0 Å². The van der Waals surface area contributed by atoms with Crippen molar-refractivity contribution < 1.29 is 27.4 Å². The molecule has 0 unspecified atom stereocenters. The van der Waals surface area contributed by atoms with E-state index in [-0.39, 0.29) is 32.2 Å². The molecular formula is C23H24N2O6S. The zero-order valence-electron chi connectivity index (χ0n) is 17.6. The van der Waals surface area contributed by atoms with Crippen molar-refractivity contribution in [2.24, 2.45) is 0 Å². The van der Waals surface area contributed by atoms with Gasteiger partial charge in [-0.15, -0.1) is 0 Å². The highest BCUT2D eigenvalue weighted by Gasteiger charge is 2.25. The molecule has 8 nitrogen and oxygen atoms in total. The first-order chi connectivity index (χ1) is 15.5. The molecule has 0 bridgehead atoms. The third kappa shape index (κ3) is 4.72. The number of benzene rings is 3. The Morgan fingerprint density at radius 1 is 1.06 bits per heavy atom. The predicted octanol–water partition coefficient (Wildman–Crippen LogP) is 2.92. The highest BCUT2D eigenvalue weighted by molar-refractivity contribution is 7.92. The lowest BCUT2D eigenvalue weighted by Crippen LogP contribution is -2.42. The average molecular weight is 457 g/mol. The van der Waals surface area contributed by atoms with Gasteiger partial charge in [0.25, 0.3) is 0 Å². The Morgan fingerprint density at radius 3 is 2.69 bits per heavy atom. The second-order valence-corrected chi connectivity index (χ2v) is 9.30. The summed E-state index contributed by atoms with van der Waals surface area (Å²) in [5, 5.41) is 4.78. The number of nitrogens with zero attached hydrogens (tertiary/aromatic N) is 1. The van der Waals surface area contributed by atoms with Crippen LogP contribution in [-0.2, 0) is 14.8 Å². The summed E-state index contributed by atoms with van der Waals surface area (Å²) in [7, 11) is -3.68. The highest BCUT2D eigenvalue weighted by atomic mass is 32.2. The highest BCUT2D eigenvalue weighted by Crippen LogP contribution is 2.36. The number of amides is 1. The Kier molecular flexibility index (Phi) is 6.36. The molecule has 1 heterocycles. The third-order valence-electron chi connectivity index (χ3n) is 5.06. The molecule has 0 fully saturated rings. The first kappa shape index (κ1) is 21.8. The van der Waals surface area contributed by atoms with E-state index in [0.717, 1.165) is 20.8 Å². The topological polar surface area (TPSA) is 94.2 Å². The molecule has 4 rings (SSSR count). The number of hydrogen-bond acceptors (Lipinski definition) is 6. The molecule has 0 atom stereocenters. The van der Waals surface area contributed by atoms with Gasteiger partial charge in [0.15, 0.2) is 11.5 Å². The first-order valence-corrected chi connectivity index (χ1v) is 11.9. The number of fused-ring (bicyclic) bond motifs is 2. The maximum atomic E-state index is 12.6. The number of ether oxygens (including phenoxy) is 3. The molecule has 3 aromatic carbocycles. The van der Waals surface area contributed by atoms with Crippen LogP contribution in [0.3, 0.4) is 0 Å². The van der Waals surface area contributed by atoms with Gasteiger partial charge in [0, 0.05) is 11.5 Å². The summed E-state index contributed by atoms with van der Waals surface area (Å²) in [6.45, 7) is 1.76. The van der Waals surface area contributed by atoms with E-state index in [1.165, 1.54) is 6.92 Å². The minimum Gasteiger partial charge on any atom is -0.491 e. The van der Waals surface area contributed by atoms with Gasteiger partial charge in [-0.3, -0.25) is 9.10 Å². The quantitative estimate of drug-likeness (QED) is 0.498. The molecule has 1 aliphatic heterocycles. The molecule has 0 saturated carbocycles. The number of nitrogens with one attached hydrogen (secondary N) is 1. The fraction of sp³-hybridized carbons (Fsp3) is 0.261. The van der Waals surface area contributed by atoms with Gasteiger partial charge >= 0.3 is 0 Å². The molecule has 1 amide bonds. The molecule has 168 valence electrons. The van der Waals surface area contributed by atoms with E-state index in [0.29, 0.717) is 17.2 Å². The summed E-state index contributed by atoms with van der Waals surface area (Å²) < 4.78 is 42.8. The number of carbonyl (C=O) groups is 1. The molecule has 0 saturated heterocycles. The second kappa shape index (κ2) is 9.35. The fourth-order valence-electron chi connectivity index (χ4n) is 3.41. The molecule has 0 spiro atoms. The largest absolute Gasteiger partial charge is 0.491 e. The maximum Gasteiger partial charge on any atom is 0.240 e. The van der Waals surface area contributed by atoms with E-state index in [2.05, 4.69) is 5.32 Å². The summed E-state index contributed by atoms with van der Waals surface area (Å²) in [5.41, 5.74) is 0.346. The average Bonchev–Trinajstić information content (AvgIpc) is 3.28. The van der Waals surface area contributed by atoms with Gasteiger partial charge in [0.1, 0.15) is 18.9 Å².